The number of benzene rings is 1. The van der Waals surface area contributed by atoms with Crippen LogP contribution in [0.25, 0.3) is 0 Å². The molecule has 0 aliphatic carbocycles. The molecule has 0 spiro atoms. The van der Waals surface area contributed by atoms with Gasteiger partial charge in [-0.3, -0.25) is 0 Å². The lowest BCUT2D eigenvalue weighted by molar-refractivity contribution is 0.0953. The van der Waals surface area contributed by atoms with Gasteiger partial charge in [-0.05, 0) is 30.7 Å². The molecule has 1 aromatic carbocycles. The number of amides is 1. The summed E-state index contributed by atoms with van der Waals surface area (Å²) in [5.41, 5.74) is 0.911. The Kier molecular flexibility index (Phi) is 3.05. The molecule has 0 saturated carbocycles. The molecule has 0 aromatic heterocycles. The van der Waals surface area contributed by atoms with Crippen molar-refractivity contribution < 1.29 is 14.3 Å². The van der Waals surface area contributed by atoms with E-state index >= 15 is 0 Å². The molecule has 84 valence electrons. The van der Waals surface area contributed by atoms with Gasteiger partial charge in [0.2, 0.25) is 6.23 Å². The molecule has 0 saturated heterocycles. The molecule has 1 aliphatic heterocycles. The maximum Gasteiger partial charge on any atom is 0.454 e. The van der Waals surface area contributed by atoms with Crippen LogP contribution in [-0.2, 0) is 4.74 Å². The van der Waals surface area contributed by atoms with E-state index in [-0.39, 0.29) is 6.61 Å². The third-order valence-electron chi connectivity index (χ3n) is 2.02. The zero-order valence-electron chi connectivity index (χ0n) is 8.51. The maximum absolute atomic E-state index is 10.6. The van der Waals surface area contributed by atoms with Gasteiger partial charge in [-0.25, -0.2) is 4.79 Å². The Morgan fingerprint density at radius 1 is 1.56 bits per heavy atom. The Morgan fingerprint density at radius 3 is 3.00 bits per heavy atom. The van der Waals surface area contributed by atoms with Crippen LogP contribution < -0.4 is 4.74 Å². The molecule has 5 nitrogen and oxygen atoms in total. The highest BCUT2D eigenvalue weighted by Gasteiger charge is 2.20. The van der Waals surface area contributed by atoms with Gasteiger partial charge in [-0.2, -0.15) is 0 Å². The summed E-state index contributed by atoms with van der Waals surface area (Å²) in [5, 5.41) is 7.46. The highest BCUT2D eigenvalue weighted by Crippen LogP contribution is 2.22. The Balaban J connectivity index is 1.95. The number of carbonyl (C=O) groups is 1. The van der Waals surface area contributed by atoms with Gasteiger partial charge in [0.1, 0.15) is 12.4 Å². The van der Waals surface area contributed by atoms with E-state index < -0.39 is 12.3 Å². The summed E-state index contributed by atoms with van der Waals surface area (Å²) in [6.07, 6.45) is -1.33. The van der Waals surface area contributed by atoms with Crippen LogP contribution in [0.15, 0.2) is 28.4 Å². The Hall–Kier alpha value is -1.62. The van der Waals surface area contributed by atoms with Gasteiger partial charge in [0.05, 0.1) is 0 Å². The largest absolute Gasteiger partial charge is 0.487 e. The molecule has 1 aliphatic rings. The van der Waals surface area contributed by atoms with Crippen molar-refractivity contribution in [3.63, 3.8) is 0 Å². The molecule has 6 heteroatoms. The molecule has 1 heterocycles. The van der Waals surface area contributed by atoms with Gasteiger partial charge in [0.25, 0.3) is 0 Å². The summed E-state index contributed by atoms with van der Waals surface area (Å²) in [5.74, 6) is 0.683. The molecule has 1 unspecified atom stereocenters. The van der Waals surface area contributed by atoms with Gasteiger partial charge in [-0.1, -0.05) is 16.7 Å². The first-order chi connectivity index (χ1) is 7.65. The molecular formula is C10H9ClN2O3. The third-order valence-corrected chi connectivity index (χ3v) is 2.26. The molecule has 0 N–H and O–H groups in total. The number of halogens is 1. The van der Waals surface area contributed by atoms with Crippen LogP contribution in [0, 0.1) is 6.92 Å². The highest BCUT2D eigenvalue weighted by molar-refractivity contribution is 6.30. The zero-order valence-corrected chi connectivity index (χ0v) is 9.27. The molecule has 1 aromatic rings. The van der Waals surface area contributed by atoms with Gasteiger partial charge < -0.3 is 9.47 Å². The number of carbonyl (C=O) groups excluding carboxylic acids is 1. The fraction of sp³-hybridized carbons (Fsp3) is 0.300. The highest BCUT2D eigenvalue weighted by atomic mass is 35.5. The fourth-order valence-corrected chi connectivity index (χ4v) is 1.50. The Labute approximate surface area is 97.0 Å². The zero-order chi connectivity index (χ0) is 11.5. The first-order valence-corrected chi connectivity index (χ1v) is 5.03. The van der Waals surface area contributed by atoms with Crippen molar-refractivity contribution in [1.29, 1.82) is 0 Å². The Morgan fingerprint density at radius 2 is 2.38 bits per heavy atom. The van der Waals surface area contributed by atoms with E-state index in [4.69, 9.17) is 21.1 Å². The summed E-state index contributed by atoms with van der Waals surface area (Å²) < 4.78 is 10.2. The first kappa shape index (κ1) is 10.9. The number of rotatable bonds is 3. The van der Waals surface area contributed by atoms with Crippen LogP contribution in [-0.4, -0.2) is 18.9 Å². The van der Waals surface area contributed by atoms with Crippen molar-refractivity contribution in [2.45, 2.75) is 13.2 Å². The SMILES string of the molecule is Cc1cc(Cl)ccc1OCC1N=NC(=O)O1. The monoisotopic (exact) mass is 240 g/mol. The van der Waals surface area contributed by atoms with E-state index in [1.165, 1.54) is 0 Å². The average molecular weight is 241 g/mol. The van der Waals surface area contributed by atoms with Crippen LogP contribution in [0.2, 0.25) is 5.02 Å². The van der Waals surface area contributed by atoms with Gasteiger partial charge >= 0.3 is 6.09 Å². The molecule has 0 radical (unpaired) electrons. The van der Waals surface area contributed by atoms with Crippen molar-refractivity contribution in [1.82, 2.24) is 0 Å². The van der Waals surface area contributed by atoms with Crippen LogP contribution in [0.4, 0.5) is 4.79 Å². The average Bonchev–Trinajstić information content (AvgIpc) is 2.63. The summed E-state index contributed by atoms with van der Waals surface area (Å²) in [6.45, 7) is 2.03. The summed E-state index contributed by atoms with van der Waals surface area (Å²) in [7, 11) is 0. The lowest BCUT2D eigenvalue weighted by atomic mass is 10.2. The van der Waals surface area contributed by atoms with E-state index in [2.05, 4.69) is 10.2 Å². The van der Waals surface area contributed by atoms with Crippen molar-refractivity contribution in [2.24, 2.45) is 10.2 Å². The second-order valence-corrected chi connectivity index (χ2v) is 3.71. The minimum absolute atomic E-state index is 0.151. The van der Waals surface area contributed by atoms with E-state index in [0.29, 0.717) is 10.8 Å². The predicted molar refractivity (Wildman–Crippen MR) is 56.8 cm³/mol. The minimum Gasteiger partial charge on any atom is -0.487 e. The maximum atomic E-state index is 10.6. The number of ether oxygens (including phenoxy) is 2. The predicted octanol–water partition coefficient (Wildman–Crippen LogP) is 2.96. The molecule has 2 rings (SSSR count). The lowest BCUT2D eigenvalue weighted by Crippen LogP contribution is -2.17. The molecule has 0 bridgehead atoms. The smallest absolute Gasteiger partial charge is 0.454 e. The summed E-state index contributed by atoms with van der Waals surface area (Å²) in [4.78, 5) is 10.6. The van der Waals surface area contributed by atoms with Crippen LogP contribution in [0.1, 0.15) is 5.56 Å². The van der Waals surface area contributed by atoms with E-state index in [1.54, 1.807) is 18.2 Å². The number of hydrogen-bond acceptors (Lipinski definition) is 4. The van der Waals surface area contributed by atoms with E-state index in [9.17, 15) is 4.79 Å². The quantitative estimate of drug-likeness (QED) is 0.816. The second-order valence-electron chi connectivity index (χ2n) is 3.27. The van der Waals surface area contributed by atoms with Crippen LogP contribution in [0.3, 0.4) is 0 Å². The molecule has 16 heavy (non-hydrogen) atoms. The normalized spacial score (nSPS) is 18.6. The van der Waals surface area contributed by atoms with E-state index in [0.717, 1.165) is 5.56 Å². The van der Waals surface area contributed by atoms with Crippen molar-refractivity contribution >= 4 is 17.7 Å². The molecule has 1 atom stereocenters. The van der Waals surface area contributed by atoms with Gasteiger partial charge in [0.15, 0.2) is 0 Å². The second kappa shape index (κ2) is 4.49. The molecule has 0 fully saturated rings. The number of azo groups is 1. The number of hydrogen-bond donors (Lipinski definition) is 0. The lowest BCUT2D eigenvalue weighted by Gasteiger charge is -2.10. The topological polar surface area (TPSA) is 60.2 Å². The standard InChI is InChI=1S/C10H9ClN2O3/c1-6-4-7(11)2-3-8(6)15-5-9-12-13-10(14)16-9/h2-4,9H,5H2,1H3. The summed E-state index contributed by atoms with van der Waals surface area (Å²) >= 11 is 5.80. The minimum atomic E-state index is -0.679. The summed E-state index contributed by atoms with van der Waals surface area (Å²) in [6, 6.07) is 5.27. The molecule has 1 amide bonds. The first-order valence-electron chi connectivity index (χ1n) is 4.65. The third kappa shape index (κ3) is 2.49. The van der Waals surface area contributed by atoms with Crippen LogP contribution in [0.5, 0.6) is 5.75 Å². The van der Waals surface area contributed by atoms with Crippen LogP contribution >= 0.6 is 11.6 Å². The van der Waals surface area contributed by atoms with Gasteiger partial charge in [0, 0.05) is 5.02 Å². The number of cyclic esters (lactones) is 1. The molecular weight excluding hydrogens is 232 g/mol. The number of nitrogens with zero attached hydrogens (tertiary/aromatic N) is 2. The van der Waals surface area contributed by atoms with Crippen molar-refractivity contribution in [2.75, 3.05) is 6.61 Å². The fourth-order valence-electron chi connectivity index (χ4n) is 1.28. The van der Waals surface area contributed by atoms with Crippen molar-refractivity contribution in [3.8, 4) is 5.75 Å². The van der Waals surface area contributed by atoms with Crippen molar-refractivity contribution in [3.05, 3.63) is 28.8 Å². The number of aryl methyl sites for hydroxylation is 1. The van der Waals surface area contributed by atoms with E-state index in [1.807, 2.05) is 6.92 Å². The Bertz CT molecular complexity index is 448. The van der Waals surface area contributed by atoms with Gasteiger partial charge in [-0.15, -0.1) is 5.11 Å².